The third-order valence-corrected chi connectivity index (χ3v) is 10.4. The van der Waals surface area contributed by atoms with E-state index in [1.54, 1.807) is 0 Å². The van der Waals surface area contributed by atoms with Gasteiger partial charge in [-0.05, 0) is 87.9 Å². The summed E-state index contributed by atoms with van der Waals surface area (Å²) in [6.07, 6.45) is 7.15. The van der Waals surface area contributed by atoms with Gasteiger partial charge in [-0.25, -0.2) is 9.59 Å². The largest absolute Gasteiger partial charge is 0.465 e. The smallest absolute Gasteiger partial charge is 0.457 e. The highest BCUT2D eigenvalue weighted by molar-refractivity contribution is 7.87. The van der Waals surface area contributed by atoms with Gasteiger partial charge in [-0.1, -0.05) is 0 Å². The van der Waals surface area contributed by atoms with E-state index < -0.39 is 49.7 Å². The van der Waals surface area contributed by atoms with Gasteiger partial charge in [-0.15, -0.1) is 0 Å². The van der Waals surface area contributed by atoms with Crippen molar-refractivity contribution in [2.24, 2.45) is 23.7 Å². The molecular formula is C24H32F2O9S. The van der Waals surface area contributed by atoms with Crippen LogP contribution in [-0.2, 0) is 33.9 Å². The average Bonchev–Trinajstić information content (AvgIpc) is 2.68. The summed E-state index contributed by atoms with van der Waals surface area (Å²) in [6, 6.07) is 0. The van der Waals surface area contributed by atoms with Crippen LogP contribution in [0, 0.1) is 23.7 Å². The molecule has 4 unspecified atom stereocenters. The second-order valence-corrected chi connectivity index (χ2v) is 14.3. The second-order valence-electron chi connectivity index (χ2n) is 12.8. The van der Waals surface area contributed by atoms with E-state index in [0.29, 0.717) is 31.1 Å². The Morgan fingerprint density at radius 3 is 1.78 bits per heavy atom. The molecule has 0 spiro atoms. The molecule has 8 saturated carbocycles. The van der Waals surface area contributed by atoms with E-state index >= 15 is 0 Å². The zero-order valence-corrected chi connectivity index (χ0v) is 20.7. The normalized spacial score (nSPS) is 46.7. The molecule has 8 aliphatic rings. The molecule has 0 aromatic rings. The quantitative estimate of drug-likeness (QED) is 0.373. The number of rotatable bonds is 7. The molecule has 0 saturated heterocycles. The van der Waals surface area contributed by atoms with E-state index in [0.717, 1.165) is 38.5 Å². The summed E-state index contributed by atoms with van der Waals surface area (Å²) in [6.45, 7) is -0.278. The highest BCUT2D eigenvalue weighted by Gasteiger charge is 2.64. The van der Waals surface area contributed by atoms with Gasteiger partial charge in [0.1, 0.15) is 17.8 Å². The van der Waals surface area contributed by atoms with Crippen LogP contribution in [0.25, 0.3) is 0 Å². The fourth-order valence-corrected chi connectivity index (χ4v) is 9.73. The number of hydrogen-bond acceptors (Lipinski definition) is 8. The standard InChI is InChI=1S/C24H32F2O9S/c25-24(26,36(30,31)32)19(28)35-23-9-16-2-17(10-23)8-22(7-16,13-23)34-18(27)11-33-21-5-14-1-15(6-21)4-20(29,3-14)12-21/h14-17,29H,1-13H2,(H,30,31,32). The molecule has 9 nitrogen and oxygen atoms in total. The molecule has 2 N–H and O–H groups in total. The summed E-state index contributed by atoms with van der Waals surface area (Å²) in [5.41, 5.74) is -3.64. The fraction of sp³-hybridized carbons (Fsp3) is 0.917. The summed E-state index contributed by atoms with van der Waals surface area (Å²) >= 11 is 0. The lowest BCUT2D eigenvalue weighted by Crippen LogP contribution is -2.63. The van der Waals surface area contributed by atoms with Crippen molar-refractivity contribution >= 4 is 22.1 Å². The van der Waals surface area contributed by atoms with Crippen molar-refractivity contribution in [3.05, 3.63) is 0 Å². The van der Waals surface area contributed by atoms with Crippen molar-refractivity contribution in [2.45, 2.75) is 105 Å². The molecule has 8 bridgehead atoms. The van der Waals surface area contributed by atoms with Crippen molar-refractivity contribution in [2.75, 3.05) is 6.61 Å². The lowest BCUT2D eigenvalue weighted by atomic mass is 9.52. The Balaban J connectivity index is 1.13. The summed E-state index contributed by atoms with van der Waals surface area (Å²) in [5, 5.41) is 5.83. The Morgan fingerprint density at radius 1 is 0.806 bits per heavy atom. The molecule has 8 fully saturated rings. The first kappa shape index (κ1) is 24.9. The van der Waals surface area contributed by atoms with Gasteiger partial charge in [0.2, 0.25) is 0 Å². The van der Waals surface area contributed by atoms with Gasteiger partial charge in [-0.2, -0.15) is 17.2 Å². The number of halogens is 2. The molecule has 202 valence electrons. The molecule has 8 rings (SSSR count). The van der Waals surface area contributed by atoms with Crippen LogP contribution in [0.2, 0.25) is 0 Å². The molecule has 0 heterocycles. The maximum Gasteiger partial charge on any atom is 0.465 e. The fourth-order valence-electron chi connectivity index (χ4n) is 9.48. The first-order valence-electron chi connectivity index (χ1n) is 12.8. The predicted octanol–water partition coefficient (Wildman–Crippen LogP) is 2.75. The lowest BCUT2D eigenvalue weighted by molar-refractivity contribution is -0.247. The summed E-state index contributed by atoms with van der Waals surface area (Å²) in [5.74, 6) is -2.15. The topological polar surface area (TPSA) is 136 Å². The average molecular weight is 535 g/mol. The number of ether oxygens (including phenoxy) is 3. The zero-order chi connectivity index (χ0) is 25.8. The number of aliphatic hydroxyl groups is 1. The number of carbonyl (C=O) groups excluding carboxylic acids is 2. The van der Waals surface area contributed by atoms with Crippen molar-refractivity contribution in [1.82, 2.24) is 0 Å². The number of esters is 2. The van der Waals surface area contributed by atoms with Crippen LogP contribution < -0.4 is 0 Å². The van der Waals surface area contributed by atoms with Gasteiger partial charge < -0.3 is 19.3 Å². The maximum atomic E-state index is 13.9. The molecule has 0 aromatic carbocycles. The van der Waals surface area contributed by atoms with E-state index in [2.05, 4.69) is 0 Å². The minimum atomic E-state index is -5.98. The molecular weight excluding hydrogens is 502 g/mol. The van der Waals surface area contributed by atoms with Crippen LogP contribution in [-0.4, -0.2) is 64.3 Å². The first-order valence-corrected chi connectivity index (χ1v) is 14.2. The van der Waals surface area contributed by atoms with Crippen molar-refractivity contribution in [3.8, 4) is 0 Å². The van der Waals surface area contributed by atoms with Crippen molar-refractivity contribution < 1.29 is 50.7 Å². The third-order valence-electron chi connectivity index (χ3n) is 9.63. The molecule has 4 atom stereocenters. The predicted molar refractivity (Wildman–Crippen MR) is 117 cm³/mol. The van der Waals surface area contributed by atoms with E-state index in [4.69, 9.17) is 18.8 Å². The Labute approximate surface area is 208 Å². The van der Waals surface area contributed by atoms with Gasteiger partial charge in [0.05, 0.1) is 11.2 Å². The van der Waals surface area contributed by atoms with Crippen LogP contribution in [0.1, 0.15) is 77.0 Å². The lowest BCUT2D eigenvalue weighted by Gasteiger charge is -2.60. The minimum Gasteiger partial charge on any atom is -0.457 e. The van der Waals surface area contributed by atoms with Crippen molar-refractivity contribution in [1.29, 1.82) is 0 Å². The molecule has 12 heteroatoms. The molecule has 0 aromatic heterocycles. The highest BCUT2D eigenvalue weighted by Crippen LogP contribution is 2.61. The van der Waals surface area contributed by atoms with E-state index in [1.807, 2.05) is 0 Å². The Hall–Kier alpha value is -1.37. The Kier molecular flexibility index (Phi) is 5.27. The Bertz CT molecular complexity index is 1060. The van der Waals surface area contributed by atoms with Crippen LogP contribution in [0.15, 0.2) is 0 Å². The van der Waals surface area contributed by atoms with Gasteiger partial charge in [0.15, 0.2) is 0 Å². The van der Waals surface area contributed by atoms with Gasteiger partial charge in [0, 0.05) is 12.8 Å². The summed E-state index contributed by atoms with van der Waals surface area (Å²) in [4.78, 5) is 25.1. The Morgan fingerprint density at radius 2 is 1.28 bits per heavy atom. The number of carbonyl (C=O) groups is 2. The summed E-state index contributed by atoms with van der Waals surface area (Å²) < 4.78 is 75.8. The highest BCUT2D eigenvalue weighted by atomic mass is 32.2. The molecule has 36 heavy (non-hydrogen) atoms. The van der Waals surface area contributed by atoms with Gasteiger partial charge in [0.25, 0.3) is 0 Å². The van der Waals surface area contributed by atoms with Crippen LogP contribution in [0.3, 0.4) is 0 Å². The summed E-state index contributed by atoms with van der Waals surface area (Å²) in [7, 11) is -5.98. The molecule has 0 amide bonds. The monoisotopic (exact) mass is 534 g/mol. The number of alkyl halides is 2. The van der Waals surface area contributed by atoms with Gasteiger partial charge in [-0.3, -0.25) is 4.55 Å². The van der Waals surface area contributed by atoms with E-state index in [9.17, 15) is 31.9 Å². The molecule has 0 aliphatic heterocycles. The van der Waals surface area contributed by atoms with Crippen LogP contribution in [0.5, 0.6) is 0 Å². The van der Waals surface area contributed by atoms with E-state index in [-0.39, 0.29) is 37.7 Å². The van der Waals surface area contributed by atoms with Crippen molar-refractivity contribution in [3.63, 3.8) is 0 Å². The second kappa shape index (κ2) is 7.60. The van der Waals surface area contributed by atoms with Crippen LogP contribution in [0.4, 0.5) is 8.78 Å². The van der Waals surface area contributed by atoms with E-state index in [1.165, 1.54) is 0 Å². The zero-order valence-electron chi connectivity index (χ0n) is 19.9. The SMILES string of the molecule is O=C(COC12CC3CC(CC(O)(C3)C1)C2)OC12CC3CC(C1)CC(OC(=O)C(F)(F)S(=O)(=O)O)(C3)C2. The molecule has 8 aliphatic carbocycles. The first-order chi connectivity index (χ1) is 16.6. The third kappa shape index (κ3) is 4.06. The van der Waals surface area contributed by atoms with Crippen LogP contribution >= 0.6 is 0 Å². The number of hydrogen-bond donors (Lipinski definition) is 2. The maximum absolute atomic E-state index is 13.9. The van der Waals surface area contributed by atoms with Gasteiger partial charge >= 0.3 is 27.3 Å². The minimum absolute atomic E-state index is 0.00107. The molecule has 0 radical (unpaired) electrons.